The van der Waals surface area contributed by atoms with E-state index in [-0.39, 0.29) is 28.3 Å². The highest BCUT2D eigenvalue weighted by Crippen LogP contribution is 2.33. The molecule has 0 radical (unpaired) electrons. The summed E-state index contributed by atoms with van der Waals surface area (Å²) in [7, 11) is -4.15. The highest BCUT2D eigenvalue weighted by molar-refractivity contribution is 7.91. The van der Waals surface area contributed by atoms with Gasteiger partial charge in [-0.3, -0.25) is 30.2 Å². The highest BCUT2D eigenvalue weighted by atomic mass is 35.5. The molecule has 0 saturated carbocycles. The monoisotopic (exact) mass is 627 g/mol. The summed E-state index contributed by atoms with van der Waals surface area (Å²) in [4.78, 5) is 56.9. The van der Waals surface area contributed by atoms with Crippen LogP contribution in [0.5, 0.6) is 0 Å². The quantitative estimate of drug-likeness (QED) is 0.363. The largest absolute Gasteiger partial charge is 0.444 e. The van der Waals surface area contributed by atoms with Crippen LogP contribution < -0.4 is 21.1 Å². The third-order valence-electron chi connectivity index (χ3n) is 6.21. The Kier molecular flexibility index (Phi) is 9.07. The lowest BCUT2D eigenvalue weighted by atomic mass is 10.1. The molecule has 1 aliphatic rings. The standard InChI is InChI=1S/C29H30ClN5O7S/c1-17-5-8-20(14-31-17)26(37)34-33-25(36)19-9-12-24-23(13-19)35(15-18-6-10-21(30)11-7-18)27(38)22(16-43(24,40)41)32-28(39)42-29(2,3)4/h5-14,22H,15-16H2,1-4H3,(H,32,39)(H,33,36)(H,34,37)/t22-/m0/s1. The van der Waals surface area contributed by atoms with E-state index in [1.165, 1.54) is 29.3 Å². The highest BCUT2D eigenvalue weighted by Gasteiger charge is 2.39. The van der Waals surface area contributed by atoms with Crippen molar-refractivity contribution in [3.8, 4) is 0 Å². The van der Waals surface area contributed by atoms with Crippen molar-refractivity contribution in [3.63, 3.8) is 0 Å². The average molecular weight is 628 g/mol. The number of pyridine rings is 1. The number of hydrogen-bond acceptors (Lipinski definition) is 8. The molecule has 4 amide bonds. The summed E-state index contributed by atoms with van der Waals surface area (Å²) in [5.41, 5.74) is 5.09. The fraction of sp³-hybridized carbons (Fsp3) is 0.276. The number of aromatic nitrogens is 1. The molecule has 2 heterocycles. The number of rotatable bonds is 5. The van der Waals surface area contributed by atoms with Gasteiger partial charge in [0.2, 0.25) is 0 Å². The van der Waals surface area contributed by atoms with Crippen molar-refractivity contribution in [2.24, 2.45) is 0 Å². The van der Waals surface area contributed by atoms with Gasteiger partial charge in [-0.1, -0.05) is 23.7 Å². The van der Waals surface area contributed by atoms with Crippen LogP contribution in [0.15, 0.2) is 65.7 Å². The molecule has 0 bridgehead atoms. The molecule has 14 heteroatoms. The lowest BCUT2D eigenvalue weighted by Gasteiger charge is -2.27. The van der Waals surface area contributed by atoms with Gasteiger partial charge < -0.3 is 15.0 Å². The van der Waals surface area contributed by atoms with E-state index >= 15 is 0 Å². The molecule has 0 fully saturated rings. The van der Waals surface area contributed by atoms with Crippen LogP contribution in [0.1, 0.15) is 52.7 Å². The maximum Gasteiger partial charge on any atom is 0.408 e. The van der Waals surface area contributed by atoms with Gasteiger partial charge in [0.25, 0.3) is 17.7 Å². The number of fused-ring (bicyclic) bond motifs is 1. The first kappa shape index (κ1) is 31.4. The summed E-state index contributed by atoms with van der Waals surface area (Å²) < 4.78 is 32.2. The topological polar surface area (TPSA) is 164 Å². The number of carbonyl (C=O) groups is 4. The predicted molar refractivity (Wildman–Crippen MR) is 158 cm³/mol. The van der Waals surface area contributed by atoms with E-state index in [4.69, 9.17) is 16.3 Å². The van der Waals surface area contributed by atoms with Crippen LogP contribution in [0.3, 0.4) is 0 Å². The molecule has 1 aliphatic heterocycles. The van der Waals surface area contributed by atoms with Crippen LogP contribution in [-0.4, -0.2) is 54.6 Å². The Hall–Kier alpha value is -4.49. The van der Waals surface area contributed by atoms with Crippen LogP contribution in [0.4, 0.5) is 10.5 Å². The normalized spacial score (nSPS) is 16.0. The Morgan fingerprint density at radius 2 is 1.63 bits per heavy atom. The molecule has 43 heavy (non-hydrogen) atoms. The van der Waals surface area contributed by atoms with Crippen LogP contribution in [0.25, 0.3) is 0 Å². The minimum atomic E-state index is -4.15. The number of hydrogen-bond donors (Lipinski definition) is 3. The first-order valence-electron chi connectivity index (χ1n) is 13.1. The van der Waals surface area contributed by atoms with Gasteiger partial charge in [0.1, 0.15) is 11.6 Å². The second-order valence-electron chi connectivity index (χ2n) is 10.8. The number of benzene rings is 2. The Balaban J connectivity index is 1.67. The van der Waals surface area contributed by atoms with Gasteiger partial charge in [0.15, 0.2) is 9.84 Å². The average Bonchev–Trinajstić information content (AvgIpc) is 3.00. The van der Waals surface area contributed by atoms with E-state index in [9.17, 15) is 27.6 Å². The summed E-state index contributed by atoms with van der Waals surface area (Å²) in [6, 6.07) is 12.0. The van der Waals surface area contributed by atoms with Gasteiger partial charge in [-0.2, -0.15) is 0 Å². The summed E-state index contributed by atoms with van der Waals surface area (Å²) in [5, 5.41) is 2.84. The zero-order chi connectivity index (χ0) is 31.5. The molecule has 3 N–H and O–H groups in total. The van der Waals surface area contributed by atoms with Gasteiger partial charge in [-0.05, 0) is 75.7 Å². The van der Waals surface area contributed by atoms with Crippen LogP contribution in [0, 0.1) is 6.92 Å². The van der Waals surface area contributed by atoms with Crippen molar-refractivity contribution in [1.29, 1.82) is 0 Å². The number of halogens is 1. The lowest BCUT2D eigenvalue weighted by Crippen LogP contribution is -2.51. The number of alkyl carbamates (subject to hydrolysis) is 1. The first-order chi connectivity index (χ1) is 20.1. The van der Waals surface area contributed by atoms with Crippen molar-refractivity contribution in [3.05, 3.63) is 88.2 Å². The number of anilines is 1. The van der Waals surface area contributed by atoms with E-state index in [2.05, 4.69) is 21.2 Å². The van der Waals surface area contributed by atoms with Crippen LogP contribution in [0.2, 0.25) is 5.02 Å². The Labute approximate surface area is 253 Å². The zero-order valence-corrected chi connectivity index (χ0v) is 25.4. The van der Waals surface area contributed by atoms with Gasteiger partial charge in [-0.15, -0.1) is 0 Å². The number of ether oxygens (including phenoxy) is 1. The third-order valence-corrected chi connectivity index (χ3v) is 8.24. The molecule has 1 atom stereocenters. The molecule has 0 aliphatic carbocycles. The molecule has 2 aromatic carbocycles. The summed E-state index contributed by atoms with van der Waals surface area (Å²) in [6.45, 7) is 6.56. The van der Waals surface area contributed by atoms with Gasteiger partial charge in [0.05, 0.1) is 28.4 Å². The molecule has 0 spiro atoms. The van der Waals surface area contributed by atoms with E-state index in [1.807, 2.05) is 0 Å². The summed E-state index contributed by atoms with van der Waals surface area (Å²) in [5.74, 6) is -2.85. The van der Waals surface area contributed by atoms with Gasteiger partial charge in [0, 0.05) is 22.5 Å². The molecular formula is C29H30ClN5O7S. The maximum absolute atomic E-state index is 13.8. The number of aryl methyl sites for hydroxylation is 1. The molecule has 226 valence electrons. The van der Waals surface area contributed by atoms with Crippen molar-refractivity contribution in [2.45, 2.75) is 50.8 Å². The predicted octanol–water partition coefficient (Wildman–Crippen LogP) is 3.33. The van der Waals surface area contributed by atoms with Crippen molar-refractivity contribution < 1.29 is 32.3 Å². The van der Waals surface area contributed by atoms with Crippen molar-refractivity contribution >= 4 is 50.9 Å². The number of carbonyl (C=O) groups excluding carboxylic acids is 4. The Morgan fingerprint density at radius 1 is 1.00 bits per heavy atom. The summed E-state index contributed by atoms with van der Waals surface area (Å²) >= 11 is 6.02. The minimum absolute atomic E-state index is 0.0382. The Bertz CT molecular complexity index is 1670. The van der Waals surface area contributed by atoms with Crippen LogP contribution >= 0.6 is 11.6 Å². The zero-order valence-electron chi connectivity index (χ0n) is 23.8. The van der Waals surface area contributed by atoms with E-state index in [0.717, 1.165) is 0 Å². The number of sulfone groups is 1. The second kappa shape index (κ2) is 12.4. The number of amides is 4. The van der Waals surface area contributed by atoms with E-state index in [1.54, 1.807) is 64.1 Å². The fourth-order valence-corrected chi connectivity index (χ4v) is 5.90. The number of nitrogens with zero attached hydrogens (tertiary/aromatic N) is 2. The summed E-state index contributed by atoms with van der Waals surface area (Å²) in [6.07, 6.45) is 0.393. The van der Waals surface area contributed by atoms with Crippen LogP contribution in [-0.2, 0) is 25.9 Å². The minimum Gasteiger partial charge on any atom is -0.444 e. The van der Waals surface area contributed by atoms with Gasteiger partial charge >= 0.3 is 6.09 Å². The second-order valence-corrected chi connectivity index (χ2v) is 13.2. The molecule has 3 aromatic rings. The smallest absolute Gasteiger partial charge is 0.408 e. The first-order valence-corrected chi connectivity index (χ1v) is 15.1. The number of hydrazine groups is 1. The molecule has 12 nitrogen and oxygen atoms in total. The Morgan fingerprint density at radius 3 is 2.23 bits per heavy atom. The third kappa shape index (κ3) is 7.87. The fourth-order valence-electron chi connectivity index (χ4n) is 4.17. The molecule has 1 aromatic heterocycles. The van der Waals surface area contributed by atoms with Crippen molar-refractivity contribution in [2.75, 3.05) is 10.7 Å². The lowest BCUT2D eigenvalue weighted by molar-refractivity contribution is -0.120. The molecule has 4 rings (SSSR count). The maximum atomic E-state index is 13.8. The molecule has 0 unspecified atom stereocenters. The van der Waals surface area contributed by atoms with Crippen molar-refractivity contribution in [1.82, 2.24) is 21.2 Å². The van der Waals surface area contributed by atoms with E-state index < -0.39 is 51.0 Å². The number of nitrogens with one attached hydrogen (secondary N) is 3. The van der Waals surface area contributed by atoms with E-state index in [0.29, 0.717) is 16.3 Å². The SMILES string of the molecule is Cc1ccc(C(=O)NNC(=O)c2ccc3c(c2)N(Cc2ccc(Cl)cc2)C(=O)[C@@H](NC(=O)OC(C)(C)C)CS3(=O)=O)cn1. The molecule has 0 saturated heterocycles. The molecular weight excluding hydrogens is 598 g/mol. The van der Waals surface area contributed by atoms with Gasteiger partial charge in [-0.25, -0.2) is 13.2 Å².